The smallest absolute Gasteiger partial charge is 0.276 e. The first kappa shape index (κ1) is 20.8. The molecule has 2 atom stereocenters. The molecule has 0 spiro atoms. The van der Waals surface area contributed by atoms with E-state index in [4.69, 9.17) is 4.74 Å². The number of hydrogen-bond donors (Lipinski definition) is 1. The Labute approximate surface area is 182 Å². The van der Waals surface area contributed by atoms with Crippen LogP contribution in [0.2, 0.25) is 0 Å². The standard InChI is InChI=1S/C23H22F2N2O5/c1-12-4-7-32-18-11-26-10-14(20(29)21(30)19(26)22(31)27(12)18)17(28)9-23(5-6-23)15-3-2-13(24)8-16(15)25/h2-3,8,10,12,18,30H,4-7,9,11H2,1H3/t12-,18+/m1/s1. The van der Waals surface area contributed by atoms with Crippen molar-refractivity contribution >= 4 is 11.7 Å². The molecule has 2 aliphatic heterocycles. The minimum atomic E-state index is -0.922. The molecule has 0 bridgehead atoms. The number of hydrogen-bond acceptors (Lipinski definition) is 5. The predicted octanol–water partition coefficient (Wildman–Crippen LogP) is 2.73. The summed E-state index contributed by atoms with van der Waals surface area (Å²) in [4.78, 5) is 40.4. The van der Waals surface area contributed by atoms with Crippen LogP contribution in [-0.4, -0.2) is 45.1 Å². The quantitative estimate of drug-likeness (QED) is 0.733. The molecule has 2 fully saturated rings. The van der Waals surface area contributed by atoms with E-state index < -0.39 is 46.1 Å². The molecular weight excluding hydrogens is 422 g/mol. The number of carbonyl (C=O) groups is 2. The number of pyridine rings is 1. The fourth-order valence-corrected chi connectivity index (χ4v) is 4.87. The van der Waals surface area contributed by atoms with Gasteiger partial charge in [0, 0.05) is 30.1 Å². The molecule has 1 saturated carbocycles. The molecule has 32 heavy (non-hydrogen) atoms. The number of aromatic nitrogens is 1. The van der Waals surface area contributed by atoms with Crippen molar-refractivity contribution in [1.29, 1.82) is 0 Å². The molecule has 1 saturated heterocycles. The van der Waals surface area contributed by atoms with Crippen molar-refractivity contribution in [3.8, 4) is 5.75 Å². The van der Waals surface area contributed by atoms with Gasteiger partial charge >= 0.3 is 0 Å². The number of ketones is 1. The van der Waals surface area contributed by atoms with Gasteiger partial charge in [-0.3, -0.25) is 14.4 Å². The van der Waals surface area contributed by atoms with E-state index in [1.807, 2.05) is 6.92 Å². The van der Waals surface area contributed by atoms with Crippen LogP contribution in [0.1, 0.15) is 59.0 Å². The van der Waals surface area contributed by atoms with Crippen LogP contribution in [0.4, 0.5) is 8.78 Å². The maximum Gasteiger partial charge on any atom is 0.276 e. The highest BCUT2D eigenvalue weighted by Gasteiger charge is 2.48. The molecule has 0 unspecified atom stereocenters. The van der Waals surface area contributed by atoms with Gasteiger partial charge in [-0.2, -0.15) is 0 Å². The first-order chi connectivity index (χ1) is 15.2. The summed E-state index contributed by atoms with van der Waals surface area (Å²) >= 11 is 0. The number of benzene rings is 1. The maximum absolute atomic E-state index is 14.3. The Morgan fingerprint density at radius 2 is 2.03 bits per heavy atom. The van der Waals surface area contributed by atoms with Crippen LogP contribution in [0.3, 0.4) is 0 Å². The van der Waals surface area contributed by atoms with E-state index in [9.17, 15) is 28.3 Å². The van der Waals surface area contributed by atoms with Crippen molar-refractivity contribution in [2.45, 2.75) is 56.8 Å². The maximum atomic E-state index is 14.3. The summed E-state index contributed by atoms with van der Waals surface area (Å²) in [5, 5.41) is 10.6. The van der Waals surface area contributed by atoms with Crippen molar-refractivity contribution in [3.05, 3.63) is 63.1 Å². The third-order valence-electron chi connectivity index (χ3n) is 6.83. The molecule has 7 nitrogen and oxygen atoms in total. The third-order valence-corrected chi connectivity index (χ3v) is 6.83. The Bertz CT molecular complexity index is 1200. The van der Waals surface area contributed by atoms with Crippen LogP contribution in [0.25, 0.3) is 0 Å². The van der Waals surface area contributed by atoms with Crippen molar-refractivity contribution in [1.82, 2.24) is 9.47 Å². The van der Waals surface area contributed by atoms with Gasteiger partial charge in [0.05, 0.1) is 18.7 Å². The predicted molar refractivity (Wildman–Crippen MR) is 109 cm³/mol. The lowest BCUT2D eigenvalue weighted by Crippen LogP contribution is -2.57. The first-order valence-electron chi connectivity index (χ1n) is 10.6. The van der Waals surface area contributed by atoms with Crippen LogP contribution < -0.4 is 5.43 Å². The van der Waals surface area contributed by atoms with E-state index in [1.54, 1.807) is 0 Å². The zero-order valence-electron chi connectivity index (χ0n) is 17.4. The molecule has 1 aromatic heterocycles. The number of aromatic hydroxyl groups is 1. The van der Waals surface area contributed by atoms with Crippen molar-refractivity contribution < 1.29 is 28.2 Å². The van der Waals surface area contributed by atoms with Gasteiger partial charge in [-0.25, -0.2) is 8.78 Å². The SMILES string of the molecule is C[C@@H]1CCO[C@H]2Cn3cc(C(=O)CC4(c5ccc(F)cc5F)CC4)c(=O)c(O)c3C(=O)N12. The Morgan fingerprint density at radius 1 is 1.28 bits per heavy atom. The highest BCUT2D eigenvalue weighted by atomic mass is 19.1. The lowest BCUT2D eigenvalue weighted by atomic mass is 9.88. The number of nitrogens with zero attached hydrogens (tertiary/aromatic N) is 2. The second kappa shape index (κ2) is 7.23. The van der Waals surface area contributed by atoms with Crippen molar-refractivity contribution in [2.24, 2.45) is 0 Å². The molecule has 1 aromatic carbocycles. The molecule has 1 aliphatic carbocycles. The van der Waals surface area contributed by atoms with Gasteiger partial charge in [-0.15, -0.1) is 0 Å². The Balaban J connectivity index is 1.49. The highest BCUT2D eigenvalue weighted by Crippen LogP contribution is 2.52. The average Bonchev–Trinajstić information content (AvgIpc) is 3.50. The Kier molecular flexibility index (Phi) is 4.70. The average molecular weight is 444 g/mol. The molecule has 3 heterocycles. The number of rotatable bonds is 4. The monoisotopic (exact) mass is 444 g/mol. The van der Waals surface area contributed by atoms with Crippen LogP contribution in [0.15, 0.2) is 29.2 Å². The zero-order chi connectivity index (χ0) is 22.8. The van der Waals surface area contributed by atoms with Gasteiger partial charge in [0.25, 0.3) is 5.91 Å². The van der Waals surface area contributed by atoms with Gasteiger partial charge in [-0.05, 0) is 37.8 Å². The van der Waals surface area contributed by atoms with Crippen LogP contribution in [0.5, 0.6) is 5.75 Å². The van der Waals surface area contributed by atoms with Crippen LogP contribution >= 0.6 is 0 Å². The molecule has 9 heteroatoms. The van der Waals surface area contributed by atoms with E-state index in [2.05, 4.69) is 0 Å². The first-order valence-corrected chi connectivity index (χ1v) is 10.6. The topological polar surface area (TPSA) is 88.8 Å². The summed E-state index contributed by atoms with van der Waals surface area (Å²) in [5.41, 5.74) is -1.90. The molecular formula is C23H22F2N2O5. The Morgan fingerprint density at radius 3 is 2.72 bits per heavy atom. The van der Waals surface area contributed by atoms with E-state index in [0.717, 1.165) is 12.1 Å². The third kappa shape index (κ3) is 3.14. The number of Topliss-reactive ketones (excluding diaryl/α,β-unsaturated/α-hetero) is 1. The molecule has 1 amide bonds. The summed E-state index contributed by atoms with van der Waals surface area (Å²) in [5.74, 6) is -3.28. The zero-order valence-corrected chi connectivity index (χ0v) is 17.4. The number of amides is 1. The summed E-state index contributed by atoms with van der Waals surface area (Å²) in [6.45, 7) is 2.53. The number of halogens is 2. The van der Waals surface area contributed by atoms with Crippen LogP contribution in [0, 0.1) is 11.6 Å². The molecule has 168 valence electrons. The van der Waals surface area contributed by atoms with Crippen LogP contribution in [-0.2, 0) is 16.7 Å². The van der Waals surface area contributed by atoms with Gasteiger partial charge in [-0.1, -0.05) is 6.07 Å². The fourth-order valence-electron chi connectivity index (χ4n) is 4.87. The summed E-state index contributed by atoms with van der Waals surface area (Å²) in [6, 6.07) is 3.15. The largest absolute Gasteiger partial charge is 0.503 e. The molecule has 0 radical (unpaired) electrons. The second-order valence-corrected chi connectivity index (χ2v) is 8.90. The Hall–Kier alpha value is -3.07. The fraction of sp³-hybridized carbons (Fsp3) is 0.435. The molecule has 3 aliphatic rings. The normalized spacial score (nSPS) is 23.5. The van der Waals surface area contributed by atoms with Gasteiger partial charge in [0.15, 0.2) is 23.5 Å². The number of fused-ring (bicyclic) bond motifs is 2. The minimum absolute atomic E-state index is 0.105. The summed E-state index contributed by atoms with van der Waals surface area (Å²) < 4.78 is 34.7. The lowest BCUT2D eigenvalue weighted by Gasteiger charge is -2.44. The summed E-state index contributed by atoms with van der Waals surface area (Å²) in [7, 11) is 0. The second-order valence-electron chi connectivity index (χ2n) is 8.90. The lowest BCUT2D eigenvalue weighted by molar-refractivity contribution is -0.112. The molecule has 5 rings (SSSR count). The van der Waals surface area contributed by atoms with E-state index >= 15 is 0 Å². The van der Waals surface area contributed by atoms with E-state index in [-0.39, 0.29) is 35.8 Å². The molecule has 1 N–H and O–H groups in total. The molecule has 2 aromatic rings. The van der Waals surface area contributed by atoms with Crippen molar-refractivity contribution in [2.75, 3.05) is 6.61 Å². The van der Waals surface area contributed by atoms with Gasteiger partial charge < -0.3 is 19.3 Å². The van der Waals surface area contributed by atoms with Gasteiger partial charge in [0.1, 0.15) is 11.6 Å². The van der Waals surface area contributed by atoms with Crippen molar-refractivity contribution in [3.63, 3.8) is 0 Å². The summed E-state index contributed by atoms with van der Waals surface area (Å²) in [6.07, 6.45) is 2.29. The minimum Gasteiger partial charge on any atom is -0.503 e. The van der Waals surface area contributed by atoms with Gasteiger partial charge in [0.2, 0.25) is 5.43 Å². The van der Waals surface area contributed by atoms with E-state index in [0.29, 0.717) is 25.9 Å². The number of ether oxygens (including phenoxy) is 1. The number of carbonyl (C=O) groups excluding carboxylic acids is 2. The highest BCUT2D eigenvalue weighted by molar-refractivity contribution is 6.00. The van der Waals surface area contributed by atoms with E-state index in [1.165, 1.54) is 21.7 Å².